The fraction of sp³-hybridized carbons (Fsp3) is 0.636. The molecule has 3 heteroatoms. The van der Waals surface area contributed by atoms with Gasteiger partial charge in [0.1, 0.15) is 0 Å². The van der Waals surface area contributed by atoms with Gasteiger partial charge in [-0.2, -0.15) is 0 Å². The highest BCUT2D eigenvalue weighted by Crippen LogP contribution is 2.26. The molecule has 0 saturated heterocycles. The lowest BCUT2D eigenvalue weighted by Gasteiger charge is -2.12. The van der Waals surface area contributed by atoms with Gasteiger partial charge in [-0.1, -0.05) is 33.5 Å². The van der Waals surface area contributed by atoms with E-state index in [1.807, 2.05) is 11.3 Å². The molecule has 0 aliphatic rings. The molecule has 1 rings (SSSR count). The van der Waals surface area contributed by atoms with Crippen molar-refractivity contribution in [1.29, 1.82) is 0 Å². The highest BCUT2D eigenvalue weighted by Gasteiger charge is 2.20. The second kappa shape index (κ2) is 4.50. The monoisotopic (exact) mass is 290 g/mol. The van der Waals surface area contributed by atoms with E-state index in [-0.39, 0.29) is 0 Å². The van der Waals surface area contributed by atoms with E-state index >= 15 is 0 Å². The SMILES string of the molecule is CC(C)Cc1sc([Si](C)(C)C)cc1Br. The first-order chi connectivity index (χ1) is 6.30. The number of thiophene rings is 1. The maximum absolute atomic E-state index is 3.67. The average molecular weight is 291 g/mol. The first-order valence-electron chi connectivity index (χ1n) is 5.09. The first kappa shape index (κ1) is 12.5. The van der Waals surface area contributed by atoms with Gasteiger partial charge in [0.15, 0.2) is 0 Å². The number of hydrogen-bond acceptors (Lipinski definition) is 1. The standard InChI is InChI=1S/C11H19BrSSi/c1-8(2)6-10-9(12)7-11(13-10)14(3,4)5/h7-8H,6H2,1-5H3. The summed E-state index contributed by atoms with van der Waals surface area (Å²) in [6.07, 6.45) is 1.20. The van der Waals surface area contributed by atoms with Crippen molar-refractivity contribution in [3.05, 3.63) is 15.4 Å². The Labute approximate surface area is 101 Å². The van der Waals surface area contributed by atoms with Crippen LogP contribution in [0.5, 0.6) is 0 Å². The van der Waals surface area contributed by atoms with Gasteiger partial charge in [-0.05, 0) is 38.8 Å². The molecule has 0 spiro atoms. The fourth-order valence-electron chi connectivity index (χ4n) is 1.29. The van der Waals surface area contributed by atoms with Crippen LogP contribution in [0.3, 0.4) is 0 Å². The molecular formula is C11H19BrSSi. The molecule has 0 fully saturated rings. The number of rotatable bonds is 3. The van der Waals surface area contributed by atoms with Gasteiger partial charge in [0.05, 0.1) is 8.07 Å². The van der Waals surface area contributed by atoms with Crippen LogP contribution >= 0.6 is 27.3 Å². The predicted octanol–water partition coefficient (Wildman–Crippen LogP) is 4.25. The summed E-state index contributed by atoms with van der Waals surface area (Å²) in [4.78, 5) is 1.53. The zero-order valence-corrected chi connectivity index (χ0v) is 13.1. The summed E-state index contributed by atoms with van der Waals surface area (Å²) < 4.78 is 2.94. The van der Waals surface area contributed by atoms with E-state index in [0.717, 1.165) is 5.92 Å². The van der Waals surface area contributed by atoms with Gasteiger partial charge < -0.3 is 0 Å². The number of halogens is 1. The molecule has 1 heterocycles. The van der Waals surface area contributed by atoms with Crippen molar-refractivity contribution in [1.82, 2.24) is 0 Å². The molecule has 0 aliphatic heterocycles. The molecule has 14 heavy (non-hydrogen) atoms. The molecule has 0 N–H and O–H groups in total. The van der Waals surface area contributed by atoms with Crippen LogP contribution in [0.15, 0.2) is 10.5 Å². The van der Waals surface area contributed by atoms with Crippen molar-refractivity contribution in [2.45, 2.75) is 39.9 Å². The first-order valence-corrected chi connectivity index (χ1v) is 10.2. The zero-order chi connectivity index (χ0) is 10.9. The van der Waals surface area contributed by atoms with E-state index in [1.54, 1.807) is 4.50 Å². The van der Waals surface area contributed by atoms with Gasteiger partial charge >= 0.3 is 0 Å². The van der Waals surface area contributed by atoms with Gasteiger partial charge in [0.2, 0.25) is 0 Å². The Morgan fingerprint density at radius 1 is 1.36 bits per heavy atom. The predicted molar refractivity (Wildman–Crippen MR) is 73.5 cm³/mol. The second-order valence-electron chi connectivity index (χ2n) is 5.23. The maximum Gasteiger partial charge on any atom is 0.0904 e. The van der Waals surface area contributed by atoms with Crippen LogP contribution in [0.25, 0.3) is 0 Å². The maximum atomic E-state index is 3.67. The van der Waals surface area contributed by atoms with Gasteiger partial charge in [0, 0.05) is 9.35 Å². The molecule has 0 bridgehead atoms. The van der Waals surface area contributed by atoms with Crippen molar-refractivity contribution in [2.75, 3.05) is 0 Å². The third kappa shape index (κ3) is 3.21. The van der Waals surface area contributed by atoms with Crippen LogP contribution in [0.1, 0.15) is 18.7 Å². The molecular weight excluding hydrogens is 272 g/mol. The van der Waals surface area contributed by atoms with Gasteiger partial charge in [0.25, 0.3) is 0 Å². The van der Waals surface area contributed by atoms with Crippen molar-refractivity contribution in [3.63, 3.8) is 0 Å². The summed E-state index contributed by atoms with van der Waals surface area (Å²) in [6, 6.07) is 2.34. The van der Waals surface area contributed by atoms with Crippen molar-refractivity contribution in [2.24, 2.45) is 5.92 Å². The molecule has 0 radical (unpaired) electrons. The quantitative estimate of drug-likeness (QED) is 0.730. The highest BCUT2D eigenvalue weighted by atomic mass is 79.9. The molecule has 0 saturated carbocycles. The van der Waals surface area contributed by atoms with E-state index in [4.69, 9.17) is 0 Å². The zero-order valence-electron chi connectivity index (χ0n) is 9.65. The van der Waals surface area contributed by atoms with Crippen molar-refractivity contribution < 1.29 is 0 Å². The third-order valence-electron chi connectivity index (χ3n) is 2.09. The lowest BCUT2D eigenvalue weighted by molar-refractivity contribution is 0.653. The topological polar surface area (TPSA) is 0 Å². The summed E-state index contributed by atoms with van der Waals surface area (Å²) >= 11 is 5.68. The largest absolute Gasteiger partial charge is 0.149 e. The highest BCUT2D eigenvalue weighted by molar-refractivity contribution is 9.10. The summed E-state index contributed by atoms with van der Waals surface area (Å²) in [6.45, 7) is 11.8. The Hall–Kier alpha value is 0.397. The van der Waals surface area contributed by atoms with Gasteiger partial charge in [-0.15, -0.1) is 11.3 Å². The van der Waals surface area contributed by atoms with E-state index in [0.29, 0.717) is 0 Å². The van der Waals surface area contributed by atoms with E-state index in [9.17, 15) is 0 Å². The second-order valence-corrected chi connectivity index (χ2v) is 12.6. The van der Waals surface area contributed by atoms with Crippen LogP contribution in [0, 0.1) is 5.92 Å². The Morgan fingerprint density at radius 3 is 2.29 bits per heavy atom. The van der Waals surface area contributed by atoms with Gasteiger partial charge in [-0.3, -0.25) is 0 Å². The van der Waals surface area contributed by atoms with Crippen LogP contribution in [0.2, 0.25) is 19.6 Å². The van der Waals surface area contributed by atoms with E-state index in [1.165, 1.54) is 15.8 Å². The summed E-state index contributed by atoms with van der Waals surface area (Å²) in [5, 5.41) is 0. The lowest BCUT2D eigenvalue weighted by atomic mass is 10.1. The normalized spacial score (nSPS) is 12.5. The fourth-order valence-corrected chi connectivity index (χ4v) is 5.47. The molecule has 80 valence electrons. The molecule has 0 aliphatic carbocycles. The smallest absolute Gasteiger partial charge is 0.0904 e. The van der Waals surface area contributed by atoms with Gasteiger partial charge in [-0.25, -0.2) is 0 Å². The summed E-state index contributed by atoms with van der Waals surface area (Å²) in [7, 11) is -1.11. The minimum absolute atomic E-state index is 0.749. The van der Waals surface area contributed by atoms with Crippen molar-refractivity contribution in [3.8, 4) is 0 Å². The van der Waals surface area contributed by atoms with Crippen LogP contribution in [-0.4, -0.2) is 8.07 Å². The molecule has 0 amide bonds. The molecule has 0 nitrogen and oxygen atoms in total. The Kier molecular flexibility index (Phi) is 4.00. The molecule has 0 unspecified atom stereocenters. The van der Waals surface area contributed by atoms with Crippen molar-refractivity contribution >= 4 is 39.8 Å². The molecule has 1 aromatic rings. The Morgan fingerprint density at radius 2 is 1.93 bits per heavy atom. The van der Waals surface area contributed by atoms with Crippen LogP contribution < -0.4 is 4.50 Å². The number of hydrogen-bond donors (Lipinski definition) is 0. The van der Waals surface area contributed by atoms with Crippen LogP contribution in [0.4, 0.5) is 0 Å². The summed E-state index contributed by atoms with van der Waals surface area (Å²) in [5.74, 6) is 0.749. The molecule has 0 aromatic carbocycles. The lowest BCUT2D eigenvalue weighted by Crippen LogP contribution is -2.34. The van der Waals surface area contributed by atoms with Crippen LogP contribution in [-0.2, 0) is 6.42 Å². The molecule has 0 atom stereocenters. The molecule has 1 aromatic heterocycles. The van der Waals surface area contributed by atoms with E-state index < -0.39 is 8.07 Å². The third-order valence-corrected chi connectivity index (χ3v) is 7.80. The summed E-state index contributed by atoms with van der Waals surface area (Å²) in [5.41, 5.74) is 0. The Bertz CT molecular complexity index is 310. The Balaban J connectivity index is 2.94. The minimum atomic E-state index is -1.11. The minimum Gasteiger partial charge on any atom is -0.149 e. The van der Waals surface area contributed by atoms with E-state index in [2.05, 4.69) is 55.5 Å². The average Bonchev–Trinajstić information content (AvgIpc) is 2.30.